The zero-order chi connectivity index (χ0) is 9.84. The summed E-state index contributed by atoms with van der Waals surface area (Å²) in [6, 6.07) is 2.81. The Morgan fingerprint density at radius 1 is 1.43 bits per heavy atom. The number of carboxylic acid groups (broad SMARTS) is 1. The molecule has 1 heterocycles. The van der Waals surface area contributed by atoms with Crippen molar-refractivity contribution in [3.8, 4) is 0 Å². The average Bonchev–Trinajstić information content (AvgIpc) is 2.04. The molecule has 0 aromatic carbocycles. The summed E-state index contributed by atoms with van der Waals surface area (Å²) < 4.78 is 0. The van der Waals surface area contributed by atoms with Crippen molar-refractivity contribution in [2.75, 3.05) is 5.32 Å². The maximum absolute atomic E-state index is 10.6. The van der Waals surface area contributed by atoms with Gasteiger partial charge < -0.3 is 10.4 Å². The van der Waals surface area contributed by atoms with Gasteiger partial charge in [0.25, 0.3) is 0 Å². The van der Waals surface area contributed by atoms with E-state index in [1.807, 2.05) is 0 Å². The van der Waals surface area contributed by atoms with E-state index >= 15 is 0 Å². The molecule has 0 aliphatic rings. The first-order valence-electron chi connectivity index (χ1n) is 3.56. The van der Waals surface area contributed by atoms with Crippen LogP contribution in [0, 0.1) is 0 Å². The Morgan fingerprint density at radius 2 is 2.07 bits per heavy atom. The van der Waals surface area contributed by atoms with Crippen molar-refractivity contribution < 1.29 is 44.3 Å². The summed E-state index contributed by atoms with van der Waals surface area (Å²) in [5.41, 5.74) is 0.0918. The number of nitrogens with zero attached hydrogens (tertiary/aromatic N) is 1. The van der Waals surface area contributed by atoms with Gasteiger partial charge in [0.05, 0.1) is 5.56 Å². The number of hydrogen-bond acceptors (Lipinski definition) is 3. The summed E-state index contributed by atoms with van der Waals surface area (Å²) in [5.74, 6) is -0.935. The van der Waals surface area contributed by atoms with Crippen LogP contribution in [0.1, 0.15) is 17.3 Å². The Morgan fingerprint density at radius 3 is 2.43 bits per heavy atom. The predicted molar refractivity (Wildman–Crippen MR) is 45.5 cm³/mol. The van der Waals surface area contributed by atoms with Gasteiger partial charge in [-0.15, -0.1) is 0 Å². The van der Waals surface area contributed by atoms with Crippen molar-refractivity contribution in [1.82, 2.24) is 4.98 Å². The Balaban J connectivity index is 0.00000169. The maximum Gasteiger partial charge on any atom is 1.00 e. The van der Waals surface area contributed by atoms with E-state index in [1.165, 1.54) is 25.3 Å². The standard InChI is InChI=1S/C8H8N2O3.Na/c1-5(11)10-7-3-2-6(4-9-7)8(12)13;/h2-4H,1H3,(H,12,13)(H,9,10,11);/q;+1. The number of rotatable bonds is 2. The Bertz CT molecular complexity index is 337. The third kappa shape index (κ3) is 3.87. The van der Waals surface area contributed by atoms with Crippen LogP contribution < -0.4 is 34.9 Å². The van der Waals surface area contributed by atoms with E-state index in [1.54, 1.807) is 0 Å². The molecule has 14 heavy (non-hydrogen) atoms. The molecule has 0 spiro atoms. The zero-order valence-corrected chi connectivity index (χ0v) is 9.94. The van der Waals surface area contributed by atoms with Crippen LogP contribution in [-0.2, 0) is 4.79 Å². The summed E-state index contributed by atoms with van der Waals surface area (Å²) in [5, 5.41) is 11.0. The van der Waals surface area contributed by atoms with Gasteiger partial charge in [-0.1, -0.05) is 0 Å². The number of amides is 1. The minimum Gasteiger partial charge on any atom is -0.478 e. The molecular formula is C8H8N2NaO3+. The second kappa shape index (κ2) is 5.74. The quantitative estimate of drug-likeness (QED) is 0.532. The Kier molecular flexibility index (Phi) is 5.37. The number of carbonyl (C=O) groups excluding carboxylic acids is 1. The summed E-state index contributed by atoms with van der Waals surface area (Å²) in [4.78, 5) is 24.7. The topological polar surface area (TPSA) is 79.3 Å². The monoisotopic (exact) mass is 203 g/mol. The van der Waals surface area contributed by atoms with Crippen molar-refractivity contribution in [3.05, 3.63) is 23.9 Å². The molecule has 1 aromatic rings. The molecule has 1 amide bonds. The van der Waals surface area contributed by atoms with E-state index in [-0.39, 0.29) is 41.0 Å². The molecular weight excluding hydrogens is 195 g/mol. The molecule has 1 rings (SSSR count). The first-order chi connectivity index (χ1) is 6.09. The van der Waals surface area contributed by atoms with Gasteiger partial charge in [-0.3, -0.25) is 4.79 Å². The number of anilines is 1. The van der Waals surface area contributed by atoms with E-state index < -0.39 is 5.97 Å². The zero-order valence-electron chi connectivity index (χ0n) is 7.94. The summed E-state index contributed by atoms with van der Waals surface area (Å²) in [7, 11) is 0. The minimum atomic E-state index is -1.04. The van der Waals surface area contributed by atoms with Crippen LogP contribution >= 0.6 is 0 Å². The molecule has 0 fully saturated rings. The molecule has 0 radical (unpaired) electrons. The SMILES string of the molecule is CC(=O)Nc1ccc(C(=O)O)cn1.[Na+]. The second-order valence-corrected chi connectivity index (χ2v) is 2.42. The van der Waals surface area contributed by atoms with Crippen LogP contribution in [-0.4, -0.2) is 22.0 Å². The average molecular weight is 203 g/mol. The van der Waals surface area contributed by atoms with Gasteiger partial charge in [0, 0.05) is 13.1 Å². The molecule has 6 heteroatoms. The number of nitrogens with one attached hydrogen (secondary N) is 1. The number of aromatic carboxylic acids is 1. The number of carbonyl (C=O) groups is 2. The number of aromatic nitrogens is 1. The van der Waals surface area contributed by atoms with Crippen LogP contribution in [0.3, 0.4) is 0 Å². The fraction of sp³-hybridized carbons (Fsp3) is 0.125. The van der Waals surface area contributed by atoms with E-state index in [0.717, 1.165) is 0 Å². The van der Waals surface area contributed by atoms with Gasteiger partial charge in [-0.05, 0) is 12.1 Å². The van der Waals surface area contributed by atoms with E-state index in [2.05, 4.69) is 10.3 Å². The van der Waals surface area contributed by atoms with Crippen molar-refractivity contribution in [3.63, 3.8) is 0 Å². The van der Waals surface area contributed by atoms with Gasteiger partial charge in [0.15, 0.2) is 0 Å². The molecule has 0 unspecified atom stereocenters. The van der Waals surface area contributed by atoms with Crippen molar-refractivity contribution in [2.24, 2.45) is 0 Å². The van der Waals surface area contributed by atoms with Crippen LogP contribution in [0.25, 0.3) is 0 Å². The van der Waals surface area contributed by atoms with E-state index in [4.69, 9.17) is 5.11 Å². The third-order valence-corrected chi connectivity index (χ3v) is 1.31. The van der Waals surface area contributed by atoms with Crippen LogP contribution in [0.5, 0.6) is 0 Å². The molecule has 0 saturated heterocycles. The smallest absolute Gasteiger partial charge is 0.478 e. The fourth-order valence-electron chi connectivity index (χ4n) is 0.775. The van der Waals surface area contributed by atoms with Crippen molar-refractivity contribution in [1.29, 1.82) is 0 Å². The molecule has 0 aliphatic carbocycles. The first kappa shape index (κ1) is 13.1. The molecule has 0 bridgehead atoms. The first-order valence-corrected chi connectivity index (χ1v) is 3.56. The summed E-state index contributed by atoms with van der Waals surface area (Å²) in [6.45, 7) is 1.35. The van der Waals surface area contributed by atoms with Crippen molar-refractivity contribution >= 4 is 17.7 Å². The molecule has 0 saturated carbocycles. The fourth-order valence-corrected chi connectivity index (χ4v) is 0.775. The van der Waals surface area contributed by atoms with Gasteiger partial charge in [0.2, 0.25) is 5.91 Å². The number of pyridine rings is 1. The summed E-state index contributed by atoms with van der Waals surface area (Å²) >= 11 is 0. The number of carboxylic acids is 1. The largest absolute Gasteiger partial charge is 1.00 e. The van der Waals surface area contributed by atoms with E-state index in [9.17, 15) is 9.59 Å². The Labute approximate surface area is 103 Å². The van der Waals surface area contributed by atoms with Crippen LogP contribution in [0.4, 0.5) is 5.82 Å². The summed E-state index contributed by atoms with van der Waals surface area (Å²) in [6.07, 6.45) is 1.19. The van der Waals surface area contributed by atoms with E-state index in [0.29, 0.717) is 5.82 Å². The molecule has 2 N–H and O–H groups in total. The van der Waals surface area contributed by atoms with Gasteiger partial charge in [-0.2, -0.15) is 0 Å². The number of hydrogen-bond donors (Lipinski definition) is 2. The van der Waals surface area contributed by atoms with Gasteiger partial charge in [-0.25, -0.2) is 9.78 Å². The predicted octanol–water partition coefficient (Wildman–Crippen LogP) is -2.26. The van der Waals surface area contributed by atoms with Crippen LogP contribution in [0.15, 0.2) is 18.3 Å². The van der Waals surface area contributed by atoms with Crippen molar-refractivity contribution in [2.45, 2.75) is 6.92 Å². The Hall–Kier alpha value is -0.910. The minimum absolute atomic E-state index is 0. The molecule has 68 valence electrons. The van der Waals surface area contributed by atoms with Gasteiger partial charge >= 0.3 is 35.5 Å². The molecule has 5 nitrogen and oxygen atoms in total. The second-order valence-electron chi connectivity index (χ2n) is 2.42. The van der Waals surface area contributed by atoms with Gasteiger partial charge in [0.1, 0.15) is 5.82 Å². The maximum atomic E-state index is 10.6. The van der Waals surface area contributed by atoms with Crippen LogP contribution in [0.2, 0.25) is 0 Å². The molecule has 1 aromatic heterocycles. The third-order valence-electron chi connectivity index (χ3n) is 1.31. The molecule has 0 aliphatic heterocycles. The molecule has 0 atom stereocenters. The normalized spacial score (nSPS) is 8.64.